The highest BCUT2D eigenvalue weighted by molar-refractivity contribution is 6.34. The van der Waals surface area contributed by atoms with Gasteiger partial charge in [0.25, 0.3) is 0 Å². The molecule has 2 heterocycles. The second-order valence-electron chi connectivity index (χ2n) is 3.24. The number of hydrogen-bond donors (Lipinski definition) is 1. The number of carbonyl (C=O) groups is 2. The van der Waals surface area contributed by atoms with E-state index < -0.39 is 11.8 Å². The zero-order valence-corrected chi connectivity index (χ0v) is 8.69. The first-order valence-electron chi connectivity index (χ1n) is 4.88. The average molecular weight is 218 g/mol. The number of hydrogen-bond acceptors (Lipinski definition) is 4. The Morgan fingerprint density at radius 1 is 1.50 bits per heavy atom. The normalized spacial score (nSPS) is 10.3. The van der Waals surface area contributed by atoms with Crippen LogP contribution in [-0.2, 0) is 9.59 Å². The molecular formula is C11H10N2O3. The number of nitrogens with one attached hydrogen (secondary N) is 1. The van der Waals surface area contributed by atoms with Gasteiger partial charge in [0.05, 0.1) is 11.7 Å². The first-order chi connectivity index (χ1) is 7.72. The molecule has 0 fully saturated rings. The molecule has 5 nitrogen and oxygen atoms in total. The Kier molecular flexibility index (Phi) is 2.68. The third-order valence-corrected chi connectivity index (χ3v) is 2.20. The molecule has 0 saturated carbocycles. The molecule has 0 bridgehead atoms. The Hall–Kier alpha value is -2.17. The van der Waals surface area contributed by atoms with E-state index in [9.17, 15) is 9.59 Å². The number of rotatable bonds is 3. The fourth-order valence-electron chi connectivity index (χ4n) is 1.33. The molecule has 82 valence electrons. The molecule has 5 heteroatoms. The van der Waals surface area contributed by atoms with Gasteiger partial charge in [0.15, 0.2) is 5.75 Å². The summed E-state index contributed by atoms with van der Waals surface area (Å²) in [6, 6.07) is 1.71. The van der Waals surface area contributed by atoms with Crippen molar-refractivity contribution in [2.45, 2.75) is 13.3 Å². The number of ether oxygens (including phenoxy) is 1. The van der Waals surface area contributed by atoms with Crippen molar-refractivity contribution in [3.05, 3.63) is 24.7 Å². The Labute approximate surface area is 91.4 Å². The van der Waals surface area contributed by atoms with Gasteiger partial charge in [-0.3, -0.25) is 9.78 Å². The molecule has 16 heavy (non-hydrogen) atoms. The fraction of sp³-hybridized carbons (Fsp3) is 0.182. The van der Waals surface area contributed by atoms with Crippen LogP contribution in [-0.4, -0.2) is 21.7 Å². The maximum absolute atomic E-state index is 11.3. The van der Waals surface area contributed by atoms with E-state index in [1.165, 1.54) is 6.20 Å². The van der Waals surface area contributed by atoms with Crippen molar-refractivity contribution in [3.8, 4) is 5.75 Å². The smallest absolute Gasteiger partial charge is 0.380 e. The molecule has 0 aliphatic carbocycles. The van der Waals surface area contributed by atoms with Crippen molar-refractivity contribution in [3.63, 3.8) is 0 Å². The summed E-state index contributed by atoms with van der Waals surface area (Å²) in [6.07, 6.45) is 4.89. The zero-order chi connectivity index (χ0) is 11.5. The molecule has 0 saturated heterocycles. The lowest BCUT2D eigenvalue weighted by molar-refractivity contribution is -0.146. The quantitative estimate of drug-likeness (QED) is 0.625. The van der Waals surface area contributed by atoms with Gasteiger partial charge in [0, 0.05) is 24.2 Å². The van der Waals surface area contributed by atoms with E-state index in [0.717, 1.165) is 10.9 Å². The van der Waals surface area contributed by atoms with Crippen molar-refractivity contribution in [1.29, 1.82) is 0 Å². The number of nitrogens with zero attached hydrogens (tertiary/aromatic N) is 1. The van der Waals surface area contributed by atoms with Crippen molar-refractivity contribution >= 4 is 22.7 Å². The minimum atomic E-state index is -0.833. The van der Waals surface area contributed by atoms with Crippen LogP contribution in [0.15, 0.2) is 24.7 Å². The van der Waals surface area contributed by atoms with Crippen LogP contribution in [0.2, 0.25) is 0 Å². The minimum Gasteiger partial charge on any atom is -0.419 e. The van der Waals surface area contributed by atoms with Gasteiger partial charge in [-0.25, -0.2) is 4.79 Å². The van der Waals surface area contributed by atoms with Crippen LogP contribution < -0.4 is 4.74 Å². The van der Waals surface area contributed by atoms with Gasteiger partial charge in [-0.1, -0.05) is 6.92 Å². The summed E-state index contributed by atoms with van der Waals surface area (Å²) in [5.74, 6) is -1.02. The maximum atomic E-state index is 11.3. The van der Waals surface area contributed by atoms with E-state index in [-0.39, 0.29) is 6.42 Å². The number of ketones is 1. The number of Topliss-reactive ketones (excluding diaryl/α,β-unsaturated/α-hetero) is 1. The SMILES string of the molecule is CCC(=O)C(=O)Oc1c[nH]c2cnccc12. The number of H-pyrrole nitrogens is 1. The molecule has 2 aromatic heterocycles. The van der Waals surface area contributed by atoms with Crippen LogP contribution in [0.5, 0.6) is 5.75 Å². The summed E-state index contributed by atoms with van der Waals surface area (Å²) >= 11 is 0. The summed E-state index contributed by atoms with van der Waals surface area (Å²) in [7, 11) is 0. The molecule has 2 rings (SSSR count). The molecule has 0 aliphatic heterocycles. The van der Waals surface area contributed by atoms with E-state index in [4.69, 9.17) is 4.74 Å². The van der Waals surface area contributed by atoms with Crippen molar-refractivity contribution in [1.82, 2.24) is 9.97 Å². The molecule has 0 amide bonds. The van der Waals surface area contributed by atoms with E-state index in [2.05, 4.69) is 9.97 Å². The lowest BCUT2D eigenvalue weighted by atomic mass is 10.3. The van der Waals surface area contributed by atoms with Crippen molar-refractivity contribution in [2.24, 2.45) is 0 Å². The van der Waals surface area contributed by atoms with Gasteiger partial charge in [0.1, 0.15) is 0 Å². The molecule has 0 unspecified atom stereocenters. The number of carbonyl (C=O) groups excluding carboxylic acids is 2. The van der Waals surface area contributed by atoms with Gasteiger partial charge in [-0.05, 0) is 6.07 Å². The summed E-state index contributed by atoms with van der Waals surface area (Å²) in [5.41, 5.74) is 0.759. The molecule has 0 spiro atoms. The summed E-state index contributed by atoms with van der Waals surface area (Å²) < 4.78 is 4.97. The maximum Gasteiger partial charge on any atom is 0.380 e. The van der Waals surface area contributed by atoms with Gasteiger partial charge in [-0.2, -0.15) is 0 Å². The topological polar surface area (TPSA) is 72.1 Å². The monoisotopic (exact) mass is 218 g/mol. The van der Waals surface area contributed by atoms with Gasteiger partial charge in [0.2, 0.25) is 5.78 Å². The molecule has 0 aromatic carbocycles. The van der Waals surface area contributed by atoms with E-state index in [0.29, 0.717) is 5.75 Å². The predicted molar refractivity (Wildman–Crippen MR) is 57.0 cm³/mol. The Balaban J connectivity index is 2.28. The largest absolute Gasteiger partial charge is 0.419 e. The van der Waals surface area contributed by atoms with E-state index in [1.807, 2.05) is 0 Å². The molecule has 0 aliphatic rings. The first kappa shape index (κ1) is 10.4. The van der Waals surface area contributed by atoms with Crippen LogP contribution >= 0.6 is 0 Å². The number of esters is 1. The summed E-state index contributed by atoms with van der Waals surface area (Å²) in [4.78, 5) is 29.2. The second kappa shape index (κ2) is 4.14. The highest BCUT2D eigenvalue weighted by Crippen LogP contribution is 2.24. The lowest BCUT2D eigenvalue weighted by Crippen LogP contribution is -2.18. The predicted octanol–water partition coefficient (Wildman–Crippen LogP) is 1.45. The van der Waals surface area contributed by atoms with E-state index in [1.54, 1.807) is 25.4 Å². The summed E-state index contributed by atoms with van der Waals surface area (Å²) in [5, 5.41) is 0.729. The van der Waals surface area contributed by atoms with Crippen molar-refractivity contribution < 1.29 is 14.3 Å². The Bertz CT molecular complexity index is 545. The molecule has 0 atom stereocenters. The van der Waals surface area contributed by atoms with Crippen LogP contribution in [0, 0.1) is 0 Å². The highest BCUT2D eigenvalue weighted by Gasteiger charge is 2.15. The Morgan fingerprint density at radius 2 is 2.31 bits per heavy atom. The fourth-order valence-corrected chi connectivity index (χ4v) is 1.33. The number of aromatic nitrogens is 2. The Morgan fingerprint density at radius 3 is 3.06 bits per heavy atom. The van der Waals surface area contributed by atoms with Gasteiger partial charge < -0.3 is 9.72 Å². The number of aromatic amines is 1. The molecule has 2 aromatic rings. The van der Waals surface area contributed by atoms with Crippen molar-refractivity contribution in [2.75, 3.05) is 0 Å². The summed E-state index contributed by atoms with van der Waals surface area (Å²) in [6.45, 7) is 1.61. The van der Waals surface area contributed by atoms with Crippen LogP contribution in [0.4, 0.5) is 0 Å². The molecule has 0 radical (unpaired) electrons. The minimum absolute atomic E-state index is 0.142. The third-order valence-electron chi connectivity index (χ3n) is 2.20. The first-order valence-corrected chi connectivity index (χ1v) is 4.88. The van der Waals surface area contributed by atoms with Crippen LogP contribution in [0.25, 0.3) is 10.9 Å². The molecular weight excluding hydrogens is 208 g/mol. The second-order valence-corrected chi connectivity index (χ2v) is 3.24. The standard InChI is InChI=1S/C11H10N2O3/c1-2-9(14)11(15)16-10-6-13-8-5-12-4-3-7(8)10/h3-6,13H,2H2,1H3. The highest BCUT2D eigenvalue weighted by atomic mass is 16.5. The third kappa shape index (κ3) is 1.79. The molecule has 1 N–H and O–H groups in total. The zero-order valence-electron chi connectivity index (χ0n) is 8.69. The van der Waals surface area contributed by atoms with Gasteiger partial charge >= 0.3 is 5.97 Å². The number of pyridine rings is 1. The van der Waals surface area contributed by atoms with Crippen LogP contribution in [0.3, 0.4) is 0 Å². The average Bonchev–Trinajstić information content (AvgIpc) is 2.72. The lowest BCUT2D eigenvalue weighted by Gasteiger charge is -1.99. The number of fused-ring (bicyclic) bond motifs is 1. The van der Waals surface area contributed by atoms with Gasteiger partial charge in [-0.15, -0.1) is 0 Å². The van der Waals surface area contributed by atoms with Crippen LogP contribution in [0.1, 0.15) is 13.3 Å². The van der Waals surface area contributed by atoms with E-state index >= 15 is 0 Å².